The SMILES string of the molecule is c1cn(CCOc2ccc(CN3CCN4CCCC[C@@H]4C3)cc2)cn1. The fraction of sp³-hybridized carbons (Fsp3) is 0.550. The summed E-state index contributed by atoms with van der Waals surface area (Å²) in [6, 6.07) is 9.40. The number of ether oxygens (including phenoxy) is 1. The number of piperidine rings is 1. The average molecular weight is 340 g/mol. The van der Waals surface area contributed by atoms with Gasteiger partial charge >= 0.3 is 0 Å². The standard InChI is InChI=1S/C20H28N4O/c1-2-9-24-12-11-23(16-19(24)3-1)15-18-4-6-20(7-5-18)25-14-13-22-10-8-21-17-22/h4-8,10,17,19H,1-3,9,11-16H2/t19-/m1/s1. The van der Waals surface area contributed by atoms with Gasteiger partial charge in [-0.2, -0.15) is 0 Å². The van der Waals surface area contributed by atoms with Crippen LogP contribution < -0.4 is 4.74 Å². The van der Waals surface area contributed by atoms with Crippen molar-refractivity contribution in [2.75, 3.05) is 32.8 Å². The van der Waals surface area contributed by atoms with E-state index >= 15 is 0 Å². The van der Waals surface area contributed by atoms with Crippen LogP contribution in [-0.2, 0) is 13.1 Å². The maximum Gasteiger partial charge on any atom is 0.119 e. The van der Waals surface area contributed by atoms with Crippen molar-refractivity contribution in [1.82, 2.24) is 19.4 Å². The van der Waals surface area contributed by atoms with Crippen LogP contribution in [0.25, 0.3) is 0 Å². The van der Waals surface area contributed by atoms with E-state index in [-0.39, 0.29) is 0 Å². The summed E-state index contributed by atoms with van der Waals surface area (Å²) in [6.07, 6.45) is 9.73. The first kappa shape index (κ1) is 16.6. The summed E-state index contributed by atoms with van der Waals surface area (Å²) in [5.74, 6) is 0.945. The van der Waals surface area contributed by atoms with Crippen molar-refractivity contribution in [2.24, 2.45) is 0 Å². The molecule has 5 heteroatoms. The molecule has 4 rings (SSSR count). The molecule has 2 saturated heterocycles. The second-order valence-electron chi connectivity index (χ2n) is 7.21. The quantitative estimate of drug-likeness (QED) is 0.809. The minimum absolute atomic E-state index is 0.666. The van der Waals surface area contributed by atoms with Gasteiger partial charge in [-0.15, -0.1) is 0 Å². The topological polar surface area (TPSA) is 33.5 Å². The highest BCUT2D eigenvalue weighted by Crippen LogP contribution is 2.22. The molecule has 0 saturated carbocycles. The van der Waals surface area contributed by atoms with E-state index in [9.17, 15) is 0 Å². The number of piperazine rings is 1. The molecule has 0 bridgehead atoms. The summed E-state index contributed by atoms with van der Waals surface area (Å²) >= 11 is 0. The zero-order valence-corrected chi connectivity index (χ0v) is 14.9. The minimum atomic E-state index is 0.666. The first-order chi connectivity index (χ1) is 12.4. The van der Waals surface area contributed by atoms with Crippen LogP contribution >= 0.6 is 0 Å². The van der Waals surface area contributed by atoms with Crippen molar-refractivity contribution in [1.29, 1.82) is 0 Å². The molecule has 5 nitrogen and oxygen atoms in total. The average Bonchev–Trinajstić information content (AvgIpc) is 3.17. The van der Waals surface area contributed by atoms with Gasteiger partial charge < -0.3 is 9.30 Å². The molecule has 1 aromatic heterocycles. The number of hydrogen-bond acceptors (Lipinski definition) is 4. The number of imidazole rings is 1. The summed E-state index contributed by atoms with van der Waals surface area (Å²) in [6.45, 7) is 7.51. The highest BCUT2D eigenvalue weighted by molar-refractivity contribution is 5.27. The van der Waals surface area contributed by atoms with Crippen LogP contribution in [0.4, 0.5) is 0 Å². The van der Waals surface area contributed by atoms with Gasteiger partial charge in [-0.1, -0.05) is 18.6 Å². The lowest BCUT2D eigenvalue weighted by Gasteiger charge is -2.44. The number of rotatable bonds is 6. The lowest BCUT2D eigenvalue weighted by atomic mass is 9.99. The van der Waals surface area contributed by atoms with Gasteiger partial charge in [-0.3, -0.25) is 9.80 Å². The Kier molecular flexibility index (Phi) is 5.33. The molecule has 2 aliphatic heterocycles. The number of aromatic nitrogens is 2. The second kappa shape index (κ2) is 8.02. The Labute approximate surface area is 150 Å². The molecule has 3 heterocycles. The van der Waals surface area contributed by atoms with Crippen molar-refractivity contribution >= 4 is 0 Å². The van der Waals surface area contributed by atoms with Gasteiger partial charge in [-0.25, -0.2) is 4.98 Å². The second-order valence-corrected chi connectivity index (χ2v) is 7.21. The minimum Gasteiger partial charge on any atom is -0.492 e. The van der Waals surface area contributed by atoms with Crippen LogP contribution in [-0.4, -0.2) is 58.2 Å². The van der Waals surface area contributed by atoms with E-state index in [1.165, 1.54) is 51.0 Å². The smallest absolute Gasteiger partial charge is 0.119 e. The predicted molar refractivity (Wildman–Crippen MR) is 98.7 cm³/mol. The summed E-state index contributed by atoms with van der Waals surface area (Å²) in [4.78, 5) is 9.34. The molecule has 0 aliphatic carbocycles. The molecule has 0 spiro atoms. The molecule has 0 amide bonds. The largest absolute Gasteiger partial charge is 0.492 e. The van der Waals surface area contributed by atoms with Crippen LogP contribution in [0.15, 0.2) is 43.0 Å². The predicted octanol–water partition coefficient (Wildman–Crippen LogP) is 2.63. The summed E-state index contributed by atoms with van der Waals surface area (Å²) in [7, 11) is 0. The molecule has 0 N–H and O–H groups in total. The fourth-order valence-corrected chi connectivity index (χ4v) is 4.00. The number of hydrogen-bond donors (Lipinski definition) is 0. The third kappa shape index (κ3) is 4.41. The van der Waals surface area contributed by atoms with E-state index in [2.05, 4.69) is 39.0 Å². The lowest BCUT2D eigenvalue weighted by Crippen LogP contribution is -2.54. The molecule has 0 radical (unpaired) electrons. The Hall–Kier alpha value is -1.85. The maximum atomic E-state index is 5.83. The van der Waals surface area contributed by atoms with Crippen LogP contribution in [0.2, 0.25) is 0 Å². The molecular weight excluding hydrogens is 312 g/mol. The summed E-state index contributed by atoms with van der Waals surface area (Å²) < 4.78 is 7.85. The molecule has 134 valence electrons. The van der Waals surface area contributed by atoms with Crippen molar-refractivity contribution in [3.8, 4) is 5.75 Å². The van der Waals surface area contributed by atoms with E-state index in [0.29, 0.717) is 6.61 Å². The molecular formula is C20H28N4O. The van der Waals surface area contributed by atoms with Crippen LogP contribution in [0.1, 0.15) is 24.8 Å². The molecule has 25 heavy (non-hydrogen) atoms. The third-order valence-electron chi connectivity index (χ3n) is 5.43. The van der Waals surface area contributed by atoms with E-state index in [1.54, 1.807) is 6.20 Å². The molecule has 0 unspecified atom stereocenters. The highest BCUT2D eigenvalue weighted by Gasteiger charge is 2.28. The first-order valence-corrected chi connectivity index (χ1v) is 9.51. The van der Waals surface area contributed by atoms with E-state index in [4.69, 9.17) is 4.74 Å². The van der Waals surface area contributed by atoms with Crippen LogP contribution in [0.5, 0.6) is 5.75 Å². The molecule has 1 atom stereocenters. The van der Waals surface area contributed by atoms with Gasteiger partial charge in [0.05, 0.1) is 12.9 Å². The third-order valence-corrected chi connectivity index (χ3v) is 5.43. The Morgan fingerprint density at radius 2 is 2.00 bits per heavy atom. The van der Waals surface area contributed by atoms with Gasteiger partial charge in [0.1, 0.15) is 12.4 Å². The van der Waals surface area contributed by atoms with Crippen molar-refractivity contribution < 1.29 is 4.74 Å². The van der Waals surface area contributed by atoms with E-state index in [0.717, 1.165) is 24.9 Å². The zero-order valence-electron chi connectivity index (χ0n) is 14.9. The Balaban J connectivity index is 1.24. The highest BCUT2D eigenvalue weighted by atomic mass is 16.5. The van der Waals surface area contributed by atoms with Gasteiger partial charge in [0.15, 0.2) is 0 Å². The number of fused-ring (bicyclic) bond motifs is 1. The Morgan fingerprint density at radius 1 is 1.08 bits per heavy atom. The van der Waals surface area contributed by atoms with E-state index < -0.39 is 0 Å². The normalized spacial score (nSPS) is 21.8. The van der Waals surface area contributed by atoms with Gasteiger partial charge in [-0.05, 0) is 37.1 Å². The monoisotopic (exact) mass is 340 g/mol. The maximum absolute atomic E-state index is 5.83. The van der Waals surface area contributed by atoms with Crippen molar-refractivity contribution in [3.05, 3.63) is 48.5 Å². The van der Waals surface area contributed by atoms with Gasteiger partial charge in [0.25, 0.3) is 0 Å². The summed E-state index contributed by atoms with van der Waals surface area (Å²) in [5, 5.41) is 0. The van der Waals surface area contributed by atoms with Crippen molar-refractivity contribution in [2.45, 2.75) is 38.4 Å². The Morgan fingerprint density at radius 3 is 2.84 bits per heavy atom. The van der Waals surface area contributed by atoms with E-state index in [1.807, 2.05) is 17.1 Å². The molecule has 2 fully saturated rings. The lowest BCUT2D eigenvalue weighted by molar-refractivity contribution is 0.0457. The van der Waals surface area contributed by atoms with Crippen molar-refractivity contribution in [3.63, 3.8) is 0 Å². The number of benzene rings is 1. The zero-order chi connectivity index (χ0) is 16.9. The van der Waals surface area contributed by atoms with Gasteiger partial charge in [0.2, 0.25) is 0 Å². The first-order valence-electron chi connectivity index (χ1n) is 9.51. The van der Waals surface area contributed by atoms with Crippen LogP contribution in [0.3, 0.4) is 0 Å². The van der Waals surface area contributed by atoms with Gasteiger partial charge in [0, 0.05) is 44.6 Å². The number of nitrogens with zero attached hydrogens (tertiary/aromatic N) is 4. The summed E-state index contributed by atoms with van der Waals surface area (Å²) in [5.41, 5.74) is 1.38. The molecule has 2 aromatic rings. The fourth-order valence-electron chi connectivity index (χ4n) is 4.00. The van der Waals surface area contributed by atoms with Crippen LogP contribution in [0, 0.1) is 0 Å². The Bertz CT molecular complexity index is 640. The molecule has 1 aromatic carbocycles. The molecule has 2 aliphatic rings.